The molecule has 1 saturated heterocycles. The Morgan fingerprint density at radius 3 is 2.83 bits per heavy atom. The van der Waals surface area contributed by atoms with Crippen LogP contribution in [0.25, 0.3) is 0 Å². The number of alkyl halides is 1. The maximum absolute atomic E-state index is 11.1. The number of morpholine rings is 1. The maximum atomic E-state index is 11.1. The molecule has 1 aromatic rings. The fourth-order valence-corrected chi connectivity index (χ4v) is 1.95. The molecular weight excluding hydrogens is 298 g/mol. The average molecular weight is 314 g/mol. The molecule has 2 rings (SSSR count). The van der Waals surface area contributed by atoms with Crippen molar-refractivity contribution >= 4 is 27.7 Å². The van der Waals surface area contributed by atoms with Crippen LogP contribution in [0.1, 0.15) is 5.56 Å². The van der Waals surface area contributed by atoms with Gasteiger partial charge in [-0.2, -0.15) is 0 Å². The van der Waals surface area contributed by atoms with Crippen molar-refractivity contribution in [2.75, 3.05) is 36.5 Å². The third-order valence-corrected chi connectivity index (χ3v) is 3.26. The van der Waals surface area contributed by atoms with Crippen molar-refractivity contribution in [3.63, 3.8) is 0 Å². The van der Waals surface area contributed by atoms with Crippen molar-refractivity contribution in [1.29, 1.82) is 0 Å². The Hall–Kier alpha value is -1.14. The second kappa shape index (κ2) is 6.70. The highest BCUT2D eigenvalue weighted by molar-refractivity contribution is 9.09. The molecule has 0 unspecified atom stereocenters. The molecule has 1 aromatic heterocycles. The van der Waals surface area contributed by atoms with E-state index in [2.05, 4.69) is 31.1 Å². The van der Waals surface area contributed by atoms with E-state index in [-0.39, 0.29) is 5.91 Å². The maximum Gasteiger partial charge on any atom is 0.230 e. The zero-order valence-corrected chi connectivity index (χ0v) is 11.6. The molecule has 1 aliphatic rings. The summed E-state index contributed by atoms with van der Waals surface area (Å²) in [6.07, 6.45) is 1.80. The van der Waals surface area contributed by atoms with Gasteiger partial charge in [0.1, 0.15) is 5.82 Å². The van der Waals surface area contributed by atoms with Crippen molar-refractivity contribution in [2.45, 2.75) is 6.54 Å². The van der Waals surface area contributed by atoms with Crippen LogP contribution in [0, 0.1) is 0 Å². The average Bonchev–Trinajstić information content (AvgIpc) is 2.46. The number of ether oxygens (including phenoxy) is 1. The van der Waals surface area contributed by atoms with Gasteiger partial charge in [0, 0.05) is 25.8 Å². The molecule has 0 aliphatic carbocycles. The number of hydrogen-bond donors (Lipinski definition) is 1. The molecule has 6 heteroatoms. The number of amides is 1. The van der Waals surface area contributed by atoms with E-state index in [0.29, 0.717) is 11.9 Å². The van der Waals surface area contributed by atoms with Gasteiger partial charge in [0.25, 0.3) is 0 Å². The molecule has 5 nitrogen and oxygen atoms in total. The van der Waals surface area contributed by atoms with Crippen LogP contribution in [-0.2, 0) is 16.1 Å². The van der Waals surface area contributed by atoms with Gasteiger partial charge in [-0.3, -0.25) is 4.79 Å². The summed E-state index contributed by atoms with van der Waals surface area (Å²) in [4.78, 5) is 17.7. The minimum atomic E-state index is -0.0211. The second-order valence-corrected chi connectivity index (χ2v) is 4.60. The normalized spacial score (nSPS) is 15.5. The van der Waals surface area contributed by atoms with Gasteiger partial charge < -0.3 is 15.0 Å². The Balaban J connectivity index is 1.90. The van der Waals surface area contributed by atoms with Gasteiger partial charge in [0.05, 0.1) is 18.5 Å². The lowest BCUT2D eigenvalue weighted by Crippen LogP contribution is -2.36. The first kappa shape index (κ1) is 13.3. The van der Waals surface area contributed by atoms with Gasteiger partial charge in [0.15, 0.2) is 0 Å². The first-order valence-electron chi connectivity index (χ1n) is 5.90. The summed E-state index contributed by atoms with van der Waals surface area (Å²) >= 11 is 3.11. The van der Waals surface area contributed by atoms with Crippen LogP contribution in [0.3, 0.4) is 0 Å². The van der Waals surface area contributed by atoms with Crippen molar-refractivity contribution in [3.05, 3.63) is 23.9 Å². The lowest BCUT2D eigenvalue weighted by atomic mass is 10.2. The SMILES string of the molecule is O=C(CBr)NCc1ccc(N2CCOCC2)nc1. The predicted octanol–water partition coefficient (Wildman–Crippen LogP) is 0.929. The van der Waals surface area contributed by atoms with Gasteiger partial charge in [-0.15, -0.1) is 0 Å². The fraction of sp³-hybridized carbons (Fsp3) is 0.500. The summed E-state index contributed by atoms with van der Waals surface area (Å²) in [6, 6.07) is 3.98. The molecule has 1 N–H and O–H groups in total. The molecule has 2 heterocycles. The molecule has 0 saturated carbocycles. The summed E-state index contributed by atoms with van der Waals surface area (Å²) < 4.78 is 5.30. The summed E-state index contributed by atoms with van der Waals surface area (Å²) in [5.41, 5.74) is 1.00. The molecule has 0 spiro atoms. The zero-order valence-electron chi connectivity index (χ0n) is 10.1. The van der Waals surface area contributed by atoms with Crippen LogP contribution in [0.5, 0.6) is 0 Å². The number of nitrogens with zero attached hydrogens (tertiary/aromatic N) is 2. The lowest BCUT2D eigenvalue weighted by molar-refractivity contribution is -0.118. The number of hydrogen-bond acceptors (Lipinski definition) is 4. The van der Waals surface area contributed by atoms with Crippen LogP contribution in [-0.4, -0.2) is 42.5 Å². The molecule has 0 bridgehead atoms. The number of aromatic nitrogens is 1. The topological polar surface area (TPSA) is 54.5 Å². The Morgan fingerprint density at radius 1 is 1.44 bits per heavy atom. The van der Waals surface area contributed by atoms with E-state index in [1.54, 1.807) is 6.20 Å². The summed E-state index contributed by atoms with van der Waals surface area (Å²) in [6.45, 7) is 3.79. The molecule has 18 heavy (non-hydrogen) atoms. The fourth-order valence-electron chi connectivity index (χ4n) is 1.75. The highest BCUT2D eigenvalue weighted by Gasteiger charge is 2.11. The standard InChI is InChI=1S/C12H16BrN3O2/c13-7-12(17)15-9-10-1-2-11(14-8-10)16-3-5-18-6-4-16/h1-2,8H,3-7,9H2,(H,15,17). The molecule has 0 atom stereocenters. The Bertz CT molecular complexity index is 391. The van der Waals surface area contributed by atoms with Gasteiger partial charge in [-0.1, -0.05) is 22.0 Å². The molecule has 1 amide bonds. The van der Waals surface area contributed by atoms with Gasteiger partial charge in [-0.05, 0) is 11.6 Å². The number of carbonyl (C=O) groups excluding carboxylic acids is 1. The number of halogens is 1. The van der Waals surface area contributed by atoms with Crippen molar-refractivity contribution < 1.29 is 9.53 Å². The number of rotatable bonds is 4. The highest BCUT2D eigenvalue weighted by Crippen LogP contribution is 2.12. The minimum Gasteiger partial charge on any atom is -0.378 e. The van der Waals surface area contributed by atoms with E-state index in [4.69, 9.17) is 4.74 Å². The van der Waals surface area contributed by atoms with E-state index in [1.165, 1.54) is 0 Å². The van der Waals surface area contributed by atoms with E-state index in [9.17, 15) is 4.79 Å². The number of carbonyl (C=O) groups is 1. The quantitative estimate of drug-likeness (QED) is 0.840. The number of nitrogens with one attached hydrogen (secondary N) is 1. The first-order valence-corrected chi connectivity index (χ1v) is 7.02. The van der Waals surface area contributed by atoms with Gasteiger partial charge in [-0.25, -0.2) is 4.98 Å². The molecular formula is C12H16BrN3O2. The third-order valence-electron chi connectivity index (χ3n) is 2.76. The number of pyridine rings is 1. The van der Waals surface area contributed by atoms with Crippen molar-refractivity contribution in [1.82, 2.24) is 10.3 Å². The zero-order chi connectivity index (χ0) is 12.8. The summed E-state index contributed by atoms with van der Waals surface area (Å²) in [7, 11) is 0. The van der Waals surface area contributed by atoms with Crippen LogP contribution >= 0.6 is 15.9 Å². The van der Waals surface area contributed by atoms with E-state index < -0.39 is 0 Å². The van der Waals surface area contributed by atoms with Crippen LogP contribution in [0.2, 0.25) is 0 Å². The van der Waals surface area contributed by atoms with Crippen LogP contribution < -0.4 is 10.2 Å². The van der Waals surface area contributed by atoms with Crippen molar-refractivity contribution in [2.24, 2.45) is 0 Å². The Morgan fingerprint density at radius 2 is 2.22 bits per heavy atom. The summed E-state index contributed by atoms with van der Waals surface area (Å²) in [5, 5.41) is 3.11. The minimum absolute atomic E-state index is 0.0211. The molecule has 1 aliphatic heterocycles. The predicted molar refractivity (Wildman–Crippen MR) is 72.9 cm³/mol. The summed E-state index contributed by atoms with van der Waals surface area (Å²) in [5.74, 6) is 0.945. The molecule has 98 valence electrons. The molecule has 0 radical (unpaired) electrons. The highest BCUT2D eigenvalue weighted by atomic mass is 79.9. The Kier molecular flexibility index (Phi) is 4.95. The molecule has 0 aromatic carbocycles. The first-order chi connectivity index (χ1) is 8.79. The smallest absolute Gasteiger partial charge is 0.230 e. The van der Waals surface area contributed by atoms with E-state index in [1.807, 2.05) is 12.1 Å². The number of anilines is 1. The lowest BCUT2D eigenvalue weighted by Gasteiger charge is -2.27. The van der Waals surface area contributed by atoms with Crippen LogP contribution in [0.4, 0.5) is 5.82 Å². The third kappa shape index (κ3) is 3.68. The second-order valence-electron chi connectivity index (χ2n) is 4.03. The molecule has 1 fully saturated rings. The van der Waals surface area contributed by atoms with Crippen LogP contribution in [0.15, 0.2) is 18.3 Å². The largest absolute Gasteiger partial charge is 0.378 e. The van der Waals surface area contributed by atoms with Gasteiger partial charge in [0.2, 0.25) is 5.91 Å². The van der Waals surface area contributed by atoms with E-state index >= 15 is 0 Å². The van der Waals surface area contributed by atoms with Gasteiger partial charge >= 0.3 is 0 Å². The van der Waals surface area contributed by atoms with Crippen molar-refractivity contribution in [3.8, 4) is 0 Å². The Labute approximate surface area is 115 Å². The monoisotopic (exact) mass is 313 g/mol. The van der Waals surface area contributed by atoms with E-state index in [0.717, 1.165) is 37.7 Å².